The van der Waals surface area contributed by atoms with Crippen LogP contribution in [0, 0.1) is 0 Å². The van der Waals surface area contributed by atoms with Gasteiger partial charge in [0.25, 0.3) is 0 Å². The Kier molecular flexibility index (Phi) is 33.8. The van der Waals surface area contributed by atoms with E-state index in [0.717, 1.165) is 32.1 Å². The fraction of sp³-hybridized carbons (Fsp3) is 0.925. The van der Waals surface area contributed by atoms with Gasteiger partial charge in [0.1, 0.15) is 19.3 Å². The third-order valence-electron chi connectivity index (χ3n) is 8.83. The molecular formula is C40H81NO7P+. The van der Waals surface area contributed by atoms with Crippen LogP contribution in [-0.2, 0) is 27.9 Å². The highest BCUT2D eigenvalue weighted by atomic mass is 31.2. The van der Waals surface area contributed by atoms with Crippen molar-refractivity contribution in [3.63, 3.8) is 0 Å². The van der Waals surface area contributed by atoms with Crippen LogP contribution in [0.2, 0.25) is 0 Å². The third kappa shape index (κ3) is 38.3. The molecule has 0 aliphatic heterocycles. The van der Waals surface area contributed by atoms with Crippen molar-refractivity contribution in [2.24, 2.45) is 0 Å². The van der Waals surface area contributed by atoms with Gasteiger partial charge in [-0.05, 0) is 38.5 Å². The zero-order valence-corrected chi connectivity index (χ0v) is 33.8. The summed E-state index contributed by atoms with van der Waals surface area (Å²) in [6.45, 7) is 5.61. The molecule has 8 nitrogen and oxygen atoms in total. The van der Waals surface area contributed by atoms with Crippen LogP contribution in [0.15, 0.2) is 12.2 Å². The number of likely N-dealkylation sites (N-methyl/N-ethyl adjacent to an activating group) is 1. The highest BCUT2D eigenvalue weighted by Gasteiger charge is 2.26. The molecule has 49 heavy (non-hydrogen) atoms. The highest BCUT2D eigenvalue weighted by molar-refractivity contribution is 7.47. The van der Waals surface area contributed by atoms with E-state index in [2.05, 4.69) is 26.0 Å². The van der Waals surface area contributed by atoms with E-state index < -0.39 is 13.9 Å². The van der Waals surface area contributed by atoms with Crippen LogP contribution in [0.3, 0.4) is 0 Å². The molecule has 2 atom stereocenters. The molecule has 0 fully saturated rings. The van der Waals surface area contributed by atoms with Gasteiger partial charge >= 0.3 is 13.8 Å². The van der Waals surface area contributed by atoms with Gasteiger partial charge in [-0.15, -0.1) is 0 Å². The molecule has 0 aromatic heterocycles. The van der Waals surface area contributed by atoms with Crippen molar-refractivity contribution in [1.29, 1.82) is 0 Å². The number of hydrogen-bond donors (Lipinski definition) is 1. The van der Waals surface area contributed by atoms with Crippen molar-refractivity contribution in [3.05, 3.63) is 12.2 Å². The zero-order valence-electron chi connectivity index (χ0n) is 32.9. The summed E-state index contributed by atoms with van der Waals surface area (Å²) in [6, 6.07) is 0. The van der Waals surface area contributed by atoms with Crippen LogP contribution in [0.4, 0.5) is 0 Å². The number of phosphoric acid groups is 1. The number of allylic oxidation sites excluding steroid dienone is 2. The van der Waals surface area contributed by atoms with Crippen LogP contribution in [0.5, 0.6) is 0 Å². The van der Waals surface area contributed by atoms with Crippen LogP contribution in [0.1, 0.15) is 181 Å². The van der Waals surface area contributed by atoms with Gasteiger partial charge in [-0.3, -0.25) is 13.8 Å². The lowest BCUT2D eigenvalue weighted by molar-refractivity contribution is -0.870. The highest BCUT2D eigenvalue weighted by Crippen LogP contribution is 2.43. The lowest BCUT2D eigenvalue weighted by Gasteiger charge is -2.24. The van der Waals surface area contributed by atoms with Crippen molar-refractivity contribution in [3.8, 4) is 0 Å². The van der Waals surface area contributed by atoms with Crippen LogP contribution in [0.25, 0.3) is 0 Å². The normalized spacial score (nSPS) is 14.0. The van der Waals surface area contributed by atoms with Gasteiger partial charge in [0.15, 0.2) is 0 Å². The third-order valence-corrected chi connectivity index (χ3v) is 9.81. The second-order valence-electron chi connectivity index (χ2n) is 15.0. The summed E-state index contributed by atoms with van der Waals surface area (Å²) in [5, 5.41) is 0. The van der Waals surface area contributed by atoms with Gasteiger partial charge in [0.2, 0.25) is 0 Å². The maximum atomic E-state index is 12.6. The second-order valence-corrected chi connectivity index (χ2v) is 16.5. The van der Waals surface area contributed by atoms with Crippen LogP contribution in [-0.4, -0.2) is 75.6 Å². The molecule has 0 spiro atoms. The summed E-state index contributed by atoms with van der Waals surface area (Å²) in [7, 11) is 1.67. The van der Waals surface area contributed by atoms with Crippen molar-refractivity contribution in [1.82, 2.24) is 0 Å². The van der Waals surface area contributed by atoms with Gasteiger partial charge in [-0.1, -0.05) is 148 Å². The number of carbonyl (C=O) groups excluding carboxylic acids is 1. The standard InChI is InChI=1S/C40H80NO7P/c1-6-8-10-12-14-16-18-19-20-21-22-23-24-26-28-30-32-35-45-37-39(38-47-49(43,44)46-36-34-41(3,4)5)48-40(42)33-31-29-27-25-17-15-13-11-9-7-2/h20-21,39H,6-19,22-38H2,1-5H3/p+1/b21-20-. The molecule has 0 bridgehead atoms. The van der Waals surface area contributed by atoms with E-state index in [0.29, 0.717) is 24.1 Å². The smallest absolute Gasteiger partial charge is 0.457 e. The van der Waals surface area contributed by atoms with Crippen molar-refractivity contribution in [2.75, 3.05) is 54.1 Å². The lowest BCUT2D eigenvalue weighted by Crippen LogP contribution is -2.37. The van der Waals surface area contributed by atoms with E-state index in [-0.39, 0.29) is 25.8 Å². The zero-order chi connectivity index (χ0) is 36.3. The molecule has 0 rings (SSSR count). The maximum absolute atomic E-state index is 12.6. The first-order valence-electron chi connectivity index (χ1n) is 20.4. The Bertz CT molecular complexity index is 802. The molecule has 2 unspecified atom stereocenters. The van der Waals surface area contributed by atoms with Crippen molar-refractivity contribution >= 4 is 13.8 Å². The van der Waals surface area contributed by atoms with Gasteiger partial charge in [0, 0.05) is 13.0 Å². The van der Waals surface area contributed by atoms with Crippen LogP contribution >= 0.6 is 7.82 Å². The van der Waals surface area contributed by atoms with Crippen molar-refractivity contribution in [2.45, 2.75) is 187 Å². The molecule has 1 N–H and O–H groups in total. The van der Waals surface area contributed by atoms with Crippen LogP contribution < -0.4 is 0 Å². The molecule has 0 amide bonds. The van der Waals surface area contributed by atoms with E-state index in [1.54, 1.807) is 0 Å². The number of phosphoric ester groups is 1. The molecule has 0 aliphatic carbocycles. The fourth-order valence-corrected chi connectivity index (χ4v) is 6.35. The van der Waals surface area contributed by atoms with Gasteiger partial charge in [0.05, 0.1) is 34.4 Å². The maximum Gasteiger partial charge on any atom is 0.472 e. The summed E-state index contributed by atoms with van der Waals surface area (Å²) in [4.78, 5) is 22.7. The predicted molar refractivity (Wildman–Crippen MR) is 206 cm³/mol. The van der Waals surface area contributed by atoms with E-state index in [9.17, 15) is 14.3 Å². The second kappa shape index (κ2) is 34.3. The number of quaternary nitrogens is 1. The van der Waals surface area contributed by atoms with E-state index >= 15 is 0 Å². The fourth-order valence-electron chi connectivity index (χ4n) is 5.61. The Hall–Kier alpha value is -0.760. The minimum atomic E-state index is -4.26. The Balaban J connectivity index is 4.22. The average molecular weight is 719 g/mol. The quantitative estimate of drug-likeness (QED) is 0.0223. The number of ether oxygens (including phenoxy) is 2. The molecule has 0 saturated carbocycles. The van der Waals surface area contributed by atoms with Crippen molar-refractivity contribution < 1.29 is 37.3 Å². The summed E-state index contributed by atoms with van der Waals surface area (Å²) in [5.41, 5.74) is 0. The molecule has 9 heteroatoms. The Morgan fingerprint density at radius 3 is 1.55 bits per heavy atom. The van der Waals surface area contributed by atoms with E-state index in [1.807, 2.05) is 21.1 Å². The number of esters is 1. The van der Waals surface area contributed by atoms with Gasteiger partial charge in [-0.25, -0.2) is 4.57 Å². The lowest BCUT2D eigenvalue weighted by atomic mass is 10.1. The topological polar surface area (TPSA) is 91.3 Å². The van der Waals surface area contributed by atoms with Gasteiger partial charge < -0.3 is 18.9 Å². The molecule has 0 saturated heterocycles. The Morgan fingerprint density at radius 2 is 1.06 bits per heavy atom. The average Bonchev–Trinajstić information content (AvgIpc) is 3.04. The number of rotatable bonds is 38. The molecule has 0 aliphatic rings. The molecular weight excluding hydrogens is 637 g/mol. The number of nitrogens with zero attached hydrogens (tertiary/aromatic N) is 1. The first-order valence-corrected chi connectivity index (χ1v) is 21.9. The Morgan fingerprint density at radius 1 is 0.612 bits per heavy atom. The minimum Gasteiger partial charge on any atom is -0.457 e. The number of hydrogen-bond acceptors (Lipinski definition) is 6. The summed E-state index contributed by atoms with van der Waals surface area (Å²) in [5.74, 6) is -0.317. The first kappa shape index (κ1) is 48.2. The Labute approximate surface area is 303 Å². The number of unbranched alkanes of at least 4 members (excludes halogenated alkanes) is 22. The summed E-state index contributed by atoms with van der Waals surface area (Å²) in [6.07, 6.45) is 35.2. The first-order chi connectivity index (χ1) is 23.6. The molecule has 292 valence electrons. The molecule has 0 aromatic carbocycles. The van der Waals surface area contributed by atoms with E-state index in [1.165, 1.54) is 128 Å². The minimum absolute atomic E-state index is 0.0903. The predicted octanol–water partition coefficient (Wildman–Crippen LogP) is 11.5. The SMILES string of the molecule is CCCCCCCCC/C=C\CCCCCCCCOCC(COP(=O)(O)OCC[N+](C)(C)C)OC(=O)CCCCCCCCCCCC. The summed E-state index contributed by atoms with van der Waals surface area (Å²) >= 11 is 0. The molecule has 0 radical (unpaired) electrons. The van der Waals surface area contributed by atoms with E-state index in [4.69, 9.17) is 18.5 Å². The number of carbonyl (C=O) groups is 1. The molecule has 0 aromatic rings. The largest absolute Gasteiger partial charge is 0.472 e. The molecule has 0 heterocycles. The van der Waals surface area contributed by atoms with Gasteiger partial charge in [-0.2, -0.15) is 0 Å². The summed E-state index contributed by atoms with van der Waals surface area (Å²) < 4.78 is 34.9. The monoisotopic (exact) mass is 719 g/mol.